The van der Waals surface area contributed by atoms with E-state index in [2.05, 4.69) is 5.32 Å². The number of carbonyl (C=O) groups is 4. The second-order valence-corrected chi connectivity index (χ2v) is 8.74. The van der Waals surface area contributed by atoms with E-state index in [4.69, 9.17) is 0 Å². The molecule has 8 nitrogen and oxygen atoms in total. The minimum absolute atomic E-state index is 0.0819. The van der Waals surface area contributed by atoms with Gasteiger partial charge in [-0.25, -0.2) is 4.79 Å². The molecule has 1 N–H and O–H groups in total. The van der Waals surface area contributed by atoms with E-state index in [-0.39, 0.29) is 12.5 Å². The second kappa shape index (κ2) is 11.5. The van der Waals surface area contributed by atoms with Gasteiger partial charge in [-0.2, -0.15) is 0 Å². The maximum absolute atomic E-state index is 13.4. The Hall–Kier alpha value is -4.46. The zero-order valence-corrected chi connectivity index (χ0v) is 21.0. The van der Waals surface area contributed by atoms with Gasteiger partial charge in [0.2, 0.25) is 5.91 Å². The highest BCUT2D eigenvalue weighted by Crippen LogP contribution is 2.32. The monoisotopic (exact) mass is 498 g/mol. The van der Waals surface area contributed by atoms with Gasteiger partial charge in [0.25, 0.3) is 11.8 Å². The van der Waals surface area contributed by atoms with Crippen LogP contribution in [0.25, 0.3) is 0 Å². The summed E-state index contributed by atoms with van der Waals surface area (Å²) in [6.07, 6.45) is 0. The number of benzene rings is 3. The average Bonchev–Trinajstić information content (AvgIpc) is 3.14. The summed E-state index contributed by atoms with van der Waals surface area (Å²) in [4.78, 5) is 56.3. The van der Waals surface area contributed by atoms with E-state index in [1.807, 2.05) is 62.4 Å². The fourth-order valence-electron chi connectivity index (χ4n) is 4.42. The van der Waals surface area contributed by atoms with Crippen molar-refractivity contribution in [2.24, 2.45) is 0 Å². The first-order chi connectivity index (χ1) is 17.9. The first-order valence-electron chi connectivity index (χ1n) is 12.3. The molecule has 3 aromatic rings. The summed E-state index contributed by atoms with van der Waals surface area (Å²) in [6.45, 7) is 4.88. The van der Waals surface area contributed by atoms with E-state index >= 15 is 0 Å². The van der Waals surface area contributed by atoms with Gasteiger partial charge in [0.05, 0.1) is 0 Å². The molecule has 8 heteroatoms. The molecule has 190 valence electrons. The van der Waals surface area contributed by atoms with Crippen molar-refractivity contribution < 1.29 is 19.2 Å². The van der Waals surface area contributed by atoms with Crippen LogP contribution in [-0.4, -0.2) is 58.1 Å². The number of amides is 5. The quantitative estimate of drug-likeness (QED) is 0.445. The van der Waals surface area contributed by atoms with E-state index in [0.29, 0.717) is 29.9 Å². The van der Waals surface area contributed by atoms with Crippen molar-refractivity contribution in [2.45, 2.75) is 26.4 Å². The van der Waals surface area contributed by atoms with Crippen LogP contribution in [0.15, 0.2) is 84.9 Å². The van der Waals surface area contributed by atoms with E-state index in [1.54, 1.807) is 41.3 Å². The van der Waals surface area contributed by atoms with Crippen LogP contribution in [0.1, 0.15) is 41.4 Å². The van der Waals surface area contributed by atoms with Gasteiger partial charge in [-0.15, -0.1) is 0 Å². The van der Waals surface area contributed by atoms with Crippen LogP contribution >= 0.6 is 0 Å². The molecule has 0 radical (unpaired) electrons. The molecule has 0 aromatic heterocycles. The van der Waals surface area contributed by atoms with Crippen molar-refractivity contribution in [1.82, 2.24) is 14.7 Å². The van der Waals surface area contributed by atoms with Crippen LogP contribution in [0.2, 0.25) is 0 Å². The van der Waals surface area contributed by atoms with Crippen LogP contribution in [0, 0.1) is 0 Å². The topological polar surface area (TPSA) is 90.0 Å². The Bertz CT molecular complexity index is 1260. The van der Waals surface area contributed by atoms with Crippen molar-refractivity contribution in [3.05, 3.63) is 102 Å². The summed E-state index contributed by atoms with van der Waals surface area (Å²) in [5.74, 6) is -1.03. The highest BCUT2D eigenvalue weighted by atomic mass is 16.2. The Labute approximate surface area is 216 Å². The lowest BCUT2D eigenvalue weighted by Gasteiger charge is -2.22. The highest BCUT2D eigenvalue weighted by Gasteiger charge is 2.46. The number of hydrogen-bond acceptors (Lipinski definition) is 4. The maximum atomic E-state index is 13.4. The fourth-order valence-corrected chi connectivity index (χ4v) is 4.42. The molecule has 37 heavy (non-hydrogen) atoms. The zero-order chi connectivity index (χ0) is 26.4. The van der Waals surface area contributed by atoms with Crippen molar-refractivity contribution in [2.75, 3.05) is 25.0 Å². The molecule has 3 aromatic carbocycles. The van der Waals surface area contributed by atoms with Crippen LogP contribution < -0.4 is 5.32 Å². The predicted octanol–water partition coefficient (Wildman–Crippen LogP) is 4.31. The number of urea groups is 1. The van der Waals surface area contributed by atoms with Gasteiger partial charge < -0.3 is 15.1 Å². The number of nitrogens with one attached hydrogen (secondary N) is 1. The first-order valence-corrected chi connectivity index (χ1v) is 12.3. The number of imide groups is 1. The minimum atomic E-state index is -0.813. The van der Waals surface area contributed by atoms with Crippen LogP contribution in [0.4, 0.5) is 10.5 Å². The smallest absolute Gasteiger partial charge is 0.328 e. The Balaban J connectivity index is 1.48. The van der Waals surface area contributed by atoms with Gasteiger partial charge in [0.1, 0.15) is 12.6 Å². The summed E-state index contributed by atoms with van der Waals surface area (Å²) >= 11 is 0. The Morgan fingerprint density at radius 3 is 2.03 bits per heavy atom. The molecule has 1 atom stereocenters. The Morgan fingerprint density at radius 1 is 0.838 bits per heavy atom. The van der Waals surface area contributed by atoms with Gasteiger partial charge in [-0.05, 0) is 49.2 Å². The normalized spacial score (nSPS) is 15.1. The molecule has 1 fully saturated rings. The zero-order valence-electron chi connectivity index (χ0n) is 21.0. The fraction of sp³-hybridized carbons (Fsp3) is 0.241. The summed E-state index contributed by atoms with van der Waals surface area (Å²) in [6, 6.07) is 23.8. The van der Waals surface area contributed by atoms with E-state index in [0.717, 1.165) is 10.5 Å². The van der Waals surface area contributed by atoms with Gasteiger partial charge in [0.15, 0.2) is 0 Å². The number of rotatable bonds is 9. The van der Waals surface area contributed by atoms with Crippen LogP contribution in [0.3, 0.4) is 0 Å². The summed E-state index contributed by atoms with van der Waals surface area (Å²) < 4.78 is 0. The van der Waals surface area contributed by atoms with Crippen LogP contribution in [0.5, 0.6) is 0 Å². The molecule has 4 rings (SSSR count). The molecular weight excluding hydrogens is 468 g/mol. The third-order valence-corrected chi connectivity index (χ3v) is 6.37. The third-order valence-electron chi connectivity index (χ3n) is 6.37. The average molecular weight is 499 g/mol. The van der Waals surface area contributed by atoms with E-state index in [9.17, 15) is 19.2 Å². The molecule has 1 saturated heterocycles. The molecule has 0 saturated carbocycles. The second-order valence-electron chi connectivity index (χ2n) is 8.74. The van der Waals surface area contributed by atoms with E-state index < -0.39 is 30.4 Å². The highest BCUT2D eigenvalue weighted by molar-refractivity contribution is 6.08. The summed E-state index contributed by atoms with van der Waals surface area (Å²) in [5, 5.41) is 2.72. The van der Waals surface area contributed by atoms with Gasteiger partial charge in [-0.3, -0.25) is 19.3 Å². The molecule has 0 spiro atoms. The summed E-state index contributed by atoms with van der Waals surface area (Å²) in [5.41, 5.74) is 2.57. The number of nitrogens with zero attached hydrogens (tertiary/aromatic N) is 3. The van der Waals surface area contributed by atoms with Gasteiger partial charge >= 0.3 is 6.03 Å². The lowest BCUT2D eigenvalue weighted by molar-refractivity contribution is -0.131. The molecule has 0 bridgehead atoms. The predicted molar refractivity (Wildman–Crippen MR) is 141 cm³/mol. The van der Waals surface area contributed by atoms with Crippen molar-refractivity contribution >= 4 is 29.4 Å². The van der Waals surface area contributed by atoms with E-state index in [1.165, 1.54) is 4.90 Å². The van der Waals surface area contributed by atoms with Crippen molar-refractivity contribution in [3.8, 4) is 0 Å². The minimum Gasteiger partial charge on any atom is -0.339 e. The lowest BCUT2D eigenvalue weighted by Crippen LogP contribution is -2.38. The summed E-state index contributed by atoms with van der Waals surface area (Å²) in [7, 11) is 0. The molecule has 5 amide bonds. The van der Waals surface area contributed by atoms with Gasteiger partial charge in [-0.1, -0.05) is 60.7 Å². The largest absolute Gasteiger partial charge is 0.339 e. The SMILES string of the molecule is CCN(CC)C(=O)c1ccc(NC(=O)CN2C(=O)C(c3ccccc3)N(Cc3ccccc3)C2=O)cc1. The standard InChI is InChI=1S/C29H30N4O4/c1-3-31(4-2)27(35)23-15-17-24(18-16-23)30-25(34)20-33-28(36)26(22-13-9-6-10-14-22)32(29(33)37)19-21-11-7-5-8-12-21/h5-18,26H,3-4,19-20H2,1-2H3,(H,30,34). The Morgan fingerprint density at radius 2 is 1.43 bits per heavy atom. The molecule has 1 heterocycles. The lowest BCUT2D eigenvalue weighted by atomic mass is 10.1. The van der Waals surface area contributed by atoms with Crippen LogP contribution in [-0.2, 0) is 16.1 Å². The molecule has 1 unspecified atom stereocenters. The molecule has 1 aliphatic heterocycles. The maximum Gasteiger partial charge on any atom is 0.328 e. The molecular formula is C29H30N4O4. The molecule has 1 aliphatic rings. The third kappa shape index (κ3) is 5.69. The van der Waals surface area contributed by atoms with Crippen molar-refractivity contribution in [1.29, 1.82) is 0 Å². The number of carbonyl (C=O) groups excluding carboxylic acids is 4. The number of hydrogen-bond donors (Lipinski definition) is 1. The Kier molecular flexibility index (Phi) is 7.98. The van der Waals surface area contributed by atoms with Gasteiger partial charge in [0, 0.05) is 30.9 Å². The molecule has 0 aliphatic carbocycles. The number of anilines is 1. The van der Waals surface area contributed by atoms with Crippen molar-refractivity contribution in [3.63, 3.8) is 0 Å². The first kappa shape index (κ1) is 25.6.